The molecular formula is C20H24ClN3O. The molecule has 0 atom stereocenters. The summed E-state index contributed by atoms with van der Waals surface area (Å²) < 4.78 is 0. The summed E-state index contributed by atoms with van der Waals surface area (Å²) in [7, 11) is 0. The summed E-state index contributed by atoms with van der Waals surface area (Å²) in [5.41, 5.74) is 2.40. The molecule has 1 saturated heterocycles. The van der Waals surface area contributed by atoms with Crippen molar-refractivity contribution >= 4 is 17.5 Å². The van der Waals surface area contributed by atoms with Gasteiger partial charge in [-0.1, -0.05) is 54.1 Å². The van der Waals surface area contributed by atoms with Crippen LogP contribution in [0.25, 0.3) is 0 Å². The number of amides is 1. The average molecular weight is 358 g/mol. The van der Waals surface area contributed by atoms with Crippen molar-refractivity contribution in [1.29, 1.82) is 0 Å². The van der Waals surface area contributed by atoms with E-state index in [-0.39, 0.29) is 5.91 Å². The molecule has 1 fully saturated rings. The van der Waals surface area contributed by atoms with Crippen LogP contribution in [0, 0.1) is 0 Å². The molecular weight excluding hydrogens is 334 g/mol. The van der Waals surface area contributed by atoms with Crippen LogP contribution >= 0.6 is 11.6 Å². The van der Waals surface area contributed by atoms with Gasteiger partial charge in [0.05, 0.1) is 6.54 Å². The van der Waals surface area contributed by atoms with E-state index in [0.717, 1.165) is 43.3 Å². The largest absolute Gasteiger partial charge is 0.351 e. The number of carbonyl (C=O) groups is 1. The number of piperazine rings is 1. The number of rotatable bonds is 6. The molecule has 1 amide bonds. The molecule has 0 radical (unpaired) electrons. The fourth-order valence-electron chi connectivity index (χ4n) is 3.01. The van der Waals surface area contributed by atoms with E-state index < -0.39 is 0 Å². The van der Waals surface area contributed by atoms with Crippen LogP contribution in [0.3, 0.4) is 0 Å². The van der Waals surface area contributed by atoms with Crippen molar-refractivity contribution in [2.24, 2.45) is 0 Å². The van der Waals surface area contributed by atoms with Crippen LogP contribution in [0.5, 0.6) is 0 Å². The van der Waals surface area contributed by atoms with Crippen LogP contribution in [-0.4, -0.2) is 48.4 Å². The summed E-state index contributed by atoms with van der Waals surface area (Å²) in [5, 5.41) is 3.77. The molecule has 1 N–H and O–H groups in total. The summed E-state index contributed by atoms with van der Waals surface area (Å²) in [5.74, 6) is 0.0926. The third kappa shape index (κ3) is 5.85. The minimum atomic E-state index is 0.0926. The highest BCUT2D eigenvalue weighted by Crippen LogP contribution is 2.12. The summed E-state index contributed by atoms with van der Waals surface area (Å²) in [6.45, 7) is 5.81. The minimum absolute atomic E-state index is 0.0926. The third-order valence-corrected chi connectivity index (χ3v) is 4.74. The second kappa shape index (κ2) is 8.99. The van der Waals surface area contributed by atoms with Gasteiger partial charge in [-0.25, -0.2) is 0 Å². The summed E-state index contributed by atoms with van der Waals surface area (Å²) in [4.78, 5) is 16.7. The van der Waals surface area contributed by atoms with Crippen LogP contribution in [0.4, 0.5) is 0 Å². The standard InChI is InChI=1S/C20H24ClN3O/c21-19-8-6-18(7-9-19)15-23-10-12-24(13-11-23)16-20(25)22-14-17-4-2-1-3-5-17/h1-9H,10-16H2,(H,22,25). The van der Waals surface area contributed by atoms with Gasteiger partial charge in [-0.3, -0.25) is 14.6 Å². The molecule has 1 heterocycles. The Labute approximate surface area is 154 Å². The lowest BCUT2D eigenvalue weighted by Gasteiger charge is -2.34. The van der Waals surface area contributed by atoms with Gasteiger partial charge >= 0.3 is 0 Å². The molecule has 3 rings (SSSR count). The lowest BCUT2D eigenvalue weighted by atomic mass is 10.2. The summed E-state index contributed by atoms with van der Waals surface area (Å²) in [6, 6.07) is 18.0. The molecule has 2 aromatic carbocycles. The highest BCUT2D eigenvalue weighted by Gasteiger charge is 2.18. The van der Waals surface area contributed by atoms with Crippen molar-refractivity contribution in [3.8, 4) is 0 Å². The predicted molar refractivity (Wildman–Crippen MR) is 101 cm³/mol. The van der Waals surface area contributed by atoms with Crippen molar-refractivity contribution in [1.82, 2.24) is 15.1 Å². The van der Waals surface area contributed by atoms with Crippen LogP contribution in [0.2, 0.25) is 5.02 Å². The topological polar surface area (TPSA) is 35.6 Å². The van der Waals surface area contributed by atoms with Crippen LogP contribution in [0.1, 0.15) is 11.1 Å². The van der Waals surface area contributed by atoms with Gasteiger partial charge < -0.3 is 5.32 Å². The van der Waals surface area contributed by atoms with Crippen molar-refractivity contribution in [2.75, 3.05) is 32.7 Å². The number of hydrogen-bond donors (Lipinski definition) is 1. The molecule has 0 aliphatic carbocycles. The van der Waals surface area contributed by atoms with Gasteiger partial charge in [-0.2, -0.15) is 0 Å². The Kier molecular flexibility index (Phi) is 6.45. The van der Waals surface area contributed by atoms with Crippen molar-refractivity contribution < 1.29 is 4.79 Å². The molecule has 4 nitrogen and oxygen atoms in total. The number of benzene rings is 2. The molecule has 1 aliphatic rings. The molecule has 0 saturated carbocycles. The minimum Gasteiger partial charge on any atom is -0.351 e. The number of nitrogens with zero attached hydrogens (tertiary/aromatic N) is 2. The van der Waals surface area contributed by atoms with Gasteiger partial charge in [-0.05, 0) is 23.3 Å². The highest BCUT2D eigenvalue weighted by molar-refractivity contribution is 6.30. The van der Waals surface area contributed by atoms with Crippen molar-refractivity contribution in [2.45, 2.75) is 13.1 Å². The van der Waals surface area contributed by atoms with Crippen LogP contribution in [-0.2, 0) is 17.9 Å². The quantitative estimate of drug-likeness (QED) is 0.863. The van der Waals surface area contributed by atoms with Gasteiger partial charge in [0.2, 0.25) is 5.91 Å². The molecule has 132 valence electrons. The molecule has 25 heavy (non-hydrogen) atoms. The normalized spacial score (nSPS) is 15.9. The summed E-state index contributed by atoms with van der Waals surface area (Å²) >= 11 is 5.93. The van der Waals surface area contributed by atoms with E-state index in [1.807, 2.05) is 42.5 Å². The highest BCUT2D eigenvalue weighted by atomic mass is 35.5. The van der Waals surface area contributed by atoms with Crippen molar-refractivity contribution in [3.05, 3.63) is 70.7 Å². The van der Waals surface area contributed by atoms with E-state index in [1.165, 1.54) is 5.56 Å². The van der Waals surface area contributed by atoms with Crippen LogP contribution < -0.4 is 5.32 Å². The summed E-state index contributed by atoms with van der Waals surface area (Å²) in [6.07, 6.45) is 0. The zero-order valence-corrected chi connectivity index (χ0v) is 15.1. The smallest absolute Gasteiger partial charge is 0.234 e. The zero-order chi connectivity index (χ0) is 17.5. The lowest BCUT2D eigenvalue weighted by molar-refractivity contribution is -0.122. The van der Waals surface area contributed by atoms with Gasteiger partial charge in [0, 0.05) is 44.3 Å². The maximum atomic E-state index is 12.1. The lowest BCUT2D eigenvalue weighted by Crippen LogP contribution is -2.49. The van der Waals surface area contributed by atoms with E-state index in [0.29, 0.717) is 13.1 Å². The predicted octanol–water partition coefficient (Wildman–Crippen LogP) is 2.77. The number of hydrogen-bond acceptors (Lipinski definition) is 3. The Morgan fingerprint density at radius 1 is 0.880 bits per heavy atom. The molecule has 5 heteroatoms. The molecule has 0 spiro atoms. The van der Waals surface area contributed by atoms with E-state index in [9.17, 15) is 4.79 Å². The maximum absolute atomic E-state index is 12.1. The molecule has 0 aromatic heterocycles. The first-order chi connectivity index (χ1) is 12.2. The first-order valence-corrected chi connectivity index (χ1v) is 9.06. The molecule has 0 bridgehead atoms. The second-order valence-corrected chi connectivity index (χ2v) is 6.88. The van der Waals surface area contributed by atoms with Gasteiger partial charge in [0.25, 0.3) is 0 Å². The maximum Gasteiger partial charge on any atom is 0.234 e. The number of halogens is 1. The third-order valence-electron chi connectivity index (χ3n) is 4.48. The van der Waals surface area contributed by atoms with Gasteiger partial charge in [0.1, 0.15) is 0 Å². The molecule has 0 unspecified atom stereocenters. The Morgan fingerprint density at radius 3 is 2.20 bits per heavy atom. The molecule has 1 aliphatic heterocycles. The van der Waals surface area contributed by atoms with Crippen LogP contribution in [0.15, 0.2) is 54.6 Å². The molecule has 2 aromatic rings. The van der Waals surface area contributed by atoms with E-state index >= 15 is 0 Å². The fourth-order valence-corrected chi connectivity index (χ4v) is 3.14. The Morgan fingerprint density at radius 2 is 1.52 bits per heavy atom. The Bertz CT molecular complexity index is 667. The van der Waals surface area contributed by atoms with E-state index in [2.05, 4.69) is 27.2 Å². The zero-order valence-electron chi connectivity index (χ0n) is 14.3. The number of carbonyl (C=O) groups excluding carboxylic acids is 1. The Hall–Kier alpha value is -1.88. The average Bonchev–Trinajstić information content (AvgIpc) is 2.64. The van der Waals surface area contributed by atoms with Crippen molar-refractivity contribution in [3.63, 3.8) is 0 Å². The fraction of sp³-hybridized carbons (Fsp3) is 0.350. The first kappa shape index (κ1) is 17.9. The SMILES string of the molecule is O=C(CN1CCN(Cc2ccc(Cl)cc2)CC1)NCc1ccccc1. The number of nitrogens with one attached hydrogen (secondary N) is 1. The van der Waals surface area contributed by atoms with Gasteiger partial charge in [0.15, 0.2) is 0 Å². The monoisotopic (exact) mass is 357 g/mol. The van der Waals surface area contributed by atoms with Gasteiger partial charge in [-0.15, -0.1) is 0 Å². The second-order valence-electron chi connectivity index (χ2n) is 6.44. The van der Waals surface area contributed by atoms with E-state index in [4.69, 9.17) is 11.6 Å². The first-order valence-electron chi connectivity index (χ1n) is 8.69. The van der Waals surface area contributed by atoms with E-state index in [1.54, 1.807) is 0 Å². The Balaban J connectivity index is 1.37.